The molecule has 2 rings (SSSR count). The van der Waals surface area contributed by atoms with Crippen molar-refractivity contribution < 1.29 is 11.3 Å². The summed E-state index contributed by atoms with van der Waals surface area (Å²) in [5.74, 6) is 5.50. The van der Waals surface area contributed by atoms with Crippen molar-refractivity contribution in [1.29, 1.82) is 0 Å². The normalized spacial score (nSPS) is 11.0. The third kappa shape index (κ3) is 9.05. The van der Waals surface area contributed by atoms with Crippen molar-refractivity contribution in [2.75, 3.05) is 13.6 Å². The Bertz CT molecular complexity index is 801. The fraction of sp³-hybridized carbons (Fsp3) is 0.348. The van der Waals surface area contributed by atoms with E-state index in [2.05, 4.69) is 93.1 Å². The molecule has 0 amide bonds. The second kappa shape index (κ2) is 10.4. The van der Waals surface area contributed by atoms with E-state index in [0.29, 0.717) is 0 Å². The van der Waals surface area contributed by atoms with Gasteiger partial charge in [0.25, 0.3) is 5.97 Å². The number of nitrogens with zero attached hydrogens (tertiary/aromatic N) is 1. The van der Waals surface area contributed by atoms with Crippen LogP contribution in [0.15, 0.2) is 54.6 Å². The lowest BCUT2D eigenvalue weighted by Gasteiger charge is -2.15. The lowest BCUT2D eigenvalue weighted by molar-refractivity contribution is -0.134. The maximum absolute atomic E-state index is 9.00. The van der Waals surface area contributed by atoms with Gasteiger partial charge in [-0.3, -0.25) is 9.69 Å². The Morgan fingerprint density at radius 3 is 2.46 bits per heavy atom. The van der Waals surface area contributed by atoms with Crippen LogP contribution in [0.3, 0.4) is 0 Å². The zero-order valence-electron chi connectivity index (χ0n) is 17.4. The first kappa shape index (κ1) is 21.5. The number of hydrogen-bond acceptors (Lipinski definition) is 2. The molecule has 138 valence electrons. The molecule has 0 unspecified atom stereocenters. The van der Waals surface area contributed by atoms with Crippen molar-refractivity contribution in [3.8, 4) is 11.8 Å². The molecular weight excluding hydrogens is 322 g/mol. The Balaban J connectivity index is 0.00000123. The summed E-state index contributed by atoms with van der Waals surface area (Å²) in [6.45, 7) is 9.31. The first-order chi connectivity index (χ1) is 12.2. The van der Waals surface area contributed by atoms with Crippen molar-refractivity contribution in [3.63, 3.8) is 0 Å². The van der Waals surface area contributed by atoms with Gasteiger partial charge in [-0.05, 0) is 50.2 Å². The highest BCUT2D eigenvalue weighted by atomic mass is 16.4. The highest BCUT2D eigenvalue weighted by Gasteiger charge is 2.03. The summed E-state index contributed by atoms with van der Waals surface area (Å²) in [5.41, 5.74) is 1.44. The molecule has 0 aliphatic rings. The van der Waals surface area contributed by atoms with Gasteiger partial charge in [0, 0.05) is 25.4 Å². The lowest BCUT2D eigenvalue weighted by atomic mass is 9.98. The van der Waals surface area contributed by atoms with E-state index in [-0.39, 0.29) is 6.84 Å². The number of rotatable bonds is 4. The van der Waals surface area contributed by atoms with Gasteiger partial charge in [0.15, 0.2) is 0 Å². The molecule has 2 aromatic rings. The van der Waals surface area contributed by atoms with E-state index < -0.39 is 5.97 Å². The summed E-state index contributed by atoms with van der Waals surface area (Å²) in [7, 11) is 2.14. The van der Waals surface area contributed by atoms with Crippen LogP contribution in [0.5, 0.6) is 0 Å². The average Bonchev–Trinajstić information content (AvgIpc) is 2.53. The summed E-state index contributed by atoms with van der Waals surface area (Å²) >= 11 is 0. The van der Waals surface area contributed by atoms with Gasteiger partial charge in [-0.15, -0.1) is 0 Å². The number of aliphatic carboxylic acids is 1. The Morgan fingerprint density at radius 2 is 1.81 bits per heavy atom. The molecule has 2 aromatic carbocycles. The minimum absolute atomic E-state index is 0. The van der Waals surface area contributed by atoms with Crippen LogP contribution in [-0.4, -0.2) is 29.6 Å². The fourth-order valence-corrected chi connectivity index (χ4v) is 2.34. The zero-order chi connectivity index (χ0) is 19.6. The van der Waals surface area contributed by atoms with E-state index in [1.165, 1.54) is 16.3 Å². The van der Waals surface area contributed by atoms with Gasteiger partial charge >= 0.3 is 1.43 Å². The zero-order valence-corrected chi connectivity index (χ0v) is 16.4. The average molecular weight is 352 g/mol. The Morgan fingerprint density at radius 1 is 1.19 bits per heavy atom. The van der Waals surface area contributed by atoms with Crippen LogP contribution >= 0.6 is 0 Å². The molecule has 3 heteroatoms. The van der Waals surface area contributed by atoms with E-state index in [0.717, 1.165) is 20.0 Å². The predicted octanol–water partition coefficient (Wildman–Crippen LogP) is 5.08. The van der Waals surface area contributed by atoms with E-state index in [1.54, 1.807) is 0 Å². The molecule has 0 spiro atoms. The molecule has 0 saturated carbocycles. The number of fused-ring (bicyclic) bond motifs is 1. The number of hydrogen-bond donors (Lipinski definition) is 1. The lowest BCUT2D eigenvalue weighted by Crippen LogP contribution is -2.17. The van der Waals surface area contributed by atoms with Crippen molar-refractivity contribution in [2.24, 2.45) is 5.41 Å². The summed E-state index contributed by atoms with van der Waals surface area (Å²) < 4.78 is 0. The van der Waals surface area contributed by atoms with Crippen LogP contribution in [0.2, 0.25) is 0 Å². The molecule has 3 nitrogen and oxygen atoms in total. The molecule has 0 aromatic heterocycles. The summed E-state index contributed by atoms with van der Waals surface area (Å²) in [4.78, 5) is 11.3. The van der Waals surface area contributed by atoms with E-state index in [1.807, 2.05) is 6.08 Å². The van der Waals surface area contributed by atoms with Crippen molar-refractivity contribution in [3.05, 3.63) is 60.2 Å². The molecule has 0 bridgehead atoms. The highest BCUT2D eigenvalue weighted by molar-refractivity contribution is 5.85. The molecule has 1 N–H and O–H groups in total. The molecule has 26 heavy (non-hydrogen) atoms. The van der Waals surface area contributed by atoms with Crippen LogP contribution < -0.4 is 0 Å². The van der Waals surface area contributed by atoms with Crippen molar-refractivity contribution >= 4 is 16.7 Å². The Kier molecular flexibility index (Phi) is 8.61. The van der Waals surface area contributed by atoms with E-state index in [9.17, 15) is 0 Å². The first-order valence-corrected chi connectivity index (χ1v) is 8.71. The SMILES string of the molecule is CC(=O)O.CN(C/C=C/C#CC(C)(C)C)Cc1cccc2ccccc12.[H+]. The summed E-state index contributed by atoms with van der Waals surface area (Å²) in [6, 6.07) is 15.1. The van der Waals surface area contributed by atoms with Gasteiger partial charge in [0.05, 0.1) is 0 Å². The quantitative estimate of drug-likeness (QED) is 0.780. The molecule has 0 aliphatic heterocycles. The van der Waals surface area contributed by atoms with Gasteiger partial charge in [-0.2, -0.15) is 0 Å². The second-order valence-electron chi connectivity index (χ2n) is 7.28. The molecule has 0 heterocycles. The third-order valence-corrected chi connectivity index (χ3v) is 3.39. The van der Waals surface area contributed by atoms with Crippen LogP contribution in [0.1, 0.15) is 34.7 Å². The number of allylic oxidation sites excluding steroid dienone is 1. The minimum atomic E-state index is -0.833. The summed E-state index contributed by atoms with van der Waals surface area (Å²) in [5, 5.41) is 10.1. The first-order valence-electron chi connectivity index (χ1n) is 8.71. The molecule has 0 radical (unpaired) electrons. The van der Waals surface area contributed by atoms with Gasteiger partial charge < -0.3 is 5.11 Å². The number of carboxylic acids is 1. The fourth-order valence-electron chi connectivity index (χ4n) is 2.34. The maximum atomic E-state index is 9.00. The van der Waals surface area contributed by atoms with Crippen molar-refractivity contribution in [2.45, 2.75) is 34.2 Å². The Hall–Kier alpha value is -2.57. The highest BCUT2D eigenvalue weighted by Crippen LogP contribution is 2.19. The maximum Gasteiger partial charge on any atom is 1.00 e. The molecule has 0 aliphatic carbocycles. The molecular formula is C23H30NO2+. The monoisotopic (exact) mass is 352 g/mol. The van der Waals surface area contributed by atoms with Crippen LogP contribution in [-0.2, 0) is 11.3 Å². The molecule has 0 fully saturated rings. The number of likely N-dealkylation sites (N-methyl/N-ethyl adjacent to an activating group) is 1. The Labute approximate surface area is 158 Å². The van der Waals surface area contributed by atoms with E-state index in [4.69, 9.17) is 9.90 Å². The minimum Gasteiger partial charge on any atom is -0.481 e. The van der Waals surface area contributed by atoms with Gasteiger partial charge in [-0.25, -0.2) is 0 Å². The third-order valence-electron chi connectivity index (χ3n) is 3.39. The predicted molar refractivity (Wildman–Crippen MR) is 111 cm³/mol. The molecule has 0 saturated heterocycles. The van der Waals surface area contributed by atoms with E-state index >= 15 is 0 Å². The molecule has 0 atom stereocenters. The smallest absolute Gasteiger partial charge is 0.481 e. The van der Waals surface area contributed by atoms with Gasteiger partial charge in [0.2, 0.25) is 0 Å². The van der Waals surface area contributed by atoms with Crippen LogP contribution in [0.25, 0.3) is 10.8 Å². The van der Waals surface area contributed by atoms with Crippen molar-refractivity contribution in [1.82, 2.24) is 4.90 Å². The topological polar surface area (TPSA) is 40.5 Å². The number of benzene rings is 2. The largest absolute Gasteiger partial charge is 1.00 e. The standard InChI is InChI=1S/C21H25N.C2H4O2/c1-21(2,3)15-8-5-9-16-22(4)17-19-13-10-12-18-11-6-7-14-20(18)19;1-2(3)4/h5-7,9-14H,16-17H2,1-4H3;1H3,(H,3,4)/p+1/b9-5+;. The number of carboxylic acid groups (broad SMARTS) is 1. The van der Waals surface area contributed by atoms with Gasteiger partial charge in [-0.1, -0.05) is 60.4 Å². The van der Waals surface area contributed by atoms with Crippen LogP contribution in [0, 0.1) is 17.3 Å². The second-order valence-corrected chi connectivity index (χ2v) is 7.28. The summed E-state index contributed by atoms with van der Waals surface area (Å²) in [6.07, 6.45) is 4.09. The number of carbonyl (C=O) groups is 1. The van der Waals surface area contributed by atoms with Gasteiger partial charge in [0.1, 0.15) is 0 Å². The van der Waals surface area contributed by atoms with Crippen LogP contribution in [0.4, 0.5) is 0 Å².